The Hall–Kier alpha value is -0.950. The minimum Gasteiger partial charge on any atom is -0.326 e. The molecule has 2 fully saturated rings. The highest BCUT2D eigenvalue weighted by molar-refractivity contribution is 7.89. The zero-order chi connectivity index (χ0) is 14.4. The van der Waals surface area contributed by atoms with Crippen LogP contribution in [0.4, 0.5) is 0 Å². The summed E-state index contributed by atoms with van der Waals surface area (Å²) < 4.78 is 26.6. The topological polar surface area (TPSA) is 66.6 Å². The van der Waals surface area contributed by atoms with Crippen LogP contribution in [-0.2, 0) is 16.6 Å². The summed E-state index contributed by atoms with van der Waals surface area (Å²) >= 11 is 0. The van der Waals surface area contributed by atoms with E-state index >= 15 is 0 Å². The van der Waals surface area contributed by atoms with E-state index in [1.165, 1.54) is 0 Å². The van der Waals surface area contributed by atoms with Gasteiger partial charge in [-0.25, -0.2) is 8.42 Å². The van der Waals surface area contributed by atoms with Crippen molar-refractivity contribution in [1.29, 1.82) is 0 Å². The van der Waals surface area contributed by atoms with Crippen LogP contribution in [-0.4, -0.2) is 50.8 Å². The molecule has 0 atom stereocenters. The van der Waals surface area contributed by atoms with E-state index < -0.39 is 10.0 Å². The van der Waals surface area contributed by atoms with Gasteiger partial charge < -0.3 is 10.6 Å². The third kappa shape index (κ3) is 2.26. The van der Waals surface area contributed by atoms with Gasteiger partial charge >= 0.3 is 0 Å². The summed E-state index contributed by atoms with van der Waals surface area (Å²) in [6.45, 7) is 3.81. The van der Waals surface area contributed by atoms with Crippen molar-refractivity contribution in [2.75, 3.05) is 33.2 Å². The van der Waals surface area contributed by atoms with Gasteiger partial charge in [0.1, 0.15) is 0 Å². The zero-order valence-electron chi connectivity index (χ0n) is 11.7. The predicted octanol–water partition coefficient (Wildman–Crippen LogP) is 0.472. The molecule has 5 nitrogen and oxygen atoms in total. The van der Waals surface area contributed by atoms with Crippen molar-refractivity contribution < 1.29 is 8.42 Å². The van der Waals surface area contributed by atoms with Gasteiger partial charge in [0.2, 0.25) is 10.0 Å². The molecule has 2 saturated heterocycles. The van der Waals surface area contributed by atoms with Gasteiger partial charge in [-0.15, -0.1) is 0 Å². The van der Waals surface area contributed by atoms with Gasteiger partial charge in [0, 0.05) is 31.6 Å². The number of benzene rings is 1. The van der Waals surface area contributed by atoms with E-state index in [0.29, 0.717) is 24.5 Å². The summed E-state index contributed by atoms with van der Waals surface area (Å²) in [6, 6.07) is 6.88. The SMILES string of the molecule is CN1CCC2(C1)CN(S(=O)(=O)c1ccc(CN)cc1)C2. The van der Waals surface area contributed by atoms with Crippen molar-refractivity contribution >= 4 is 10.0 Å². The number of likely N-dealkylation sites (tertiary alicyclic amines) is 1. The second kappa shape index (κ2) is 4.80. The Morgan fingerprint density at radius 2 is 1.85 bits per heavy atom. The molecule has 0 bridgehead atoms. The van der Waals surface area contributed by atoms with Crippen LogP contribution in [0.2, 0.25) is 0 Å². The average molecular weight is 295 g/mol. The Balaban J connectivity index is 1.73. The number of sulfonamides is 1. The lowest BCUT2D eigenvalue weighted by Gasteiger charge is -2.46. The van der Waals surface area contributed by atoms with E-state index in [-0.39, 0.29) is 5.41 Å². The molecule has 0 aliphatic carbocycles. The van der Waals surface area contributed by atoms with Gasteiger partial charge in [-0.2, -0.15) is 4.31 Å². The second-order valence-corrected chi connectivity index (χ2v) is 8.05. The van der Waals surface area contributed by atoms with E-state index in [4.69, 9.17) is 5.73 Å². The number of hydrogen-bond donors (Lipinski definition) is 1. The Morgan fingerprint density at radius 3 is 2.35 bits per heavy atom. The summed E-state index contributed by atoms with van der Waals surface area (Å²) in [4.78, 5) is 2.65. The van der Waals surface area contributed by atoms with Crippen LogP contribution in [0.5, 0.6) is 0 Å². The fraction of sp³-hybridized carbons (Fsp3) is 0.571. The summed E-state index contributed by atoms with van der Waals surface area (Å²) in [6.07, 6.45) is 1.10. The number of nitrogens with zero attached hydrogens (tertiary/aromatic N) is 2. The maximum Gasteiger partial charge on any atom is 0.243 e. The molecule has 0 amide bonds. The third-order valence-corrected chi connectivity index (χ3v) is 6.26. The second-order valence-electron chi connectivity index (χ2n) is 6.11. The molecule has 0 aromatic heterocycles. The molecule has 0 saturated carbocycles. The molecule has 1 aromatic carbocycles. The molecule has 3 rings (SSSR count). The van der Waals surface area contributed by atoms with Crippen molar-refractivity contribution in [2.24, 2.45) is 11.1 Å². The Morgan fingerprint density at radius 1 is 1.20 bits per heavy atom. The molecule has 2 aliphatic rings. The summed E-state index contributed by atoms with van der Waals surface area (Å²) in [5.74, 6) is 0. The molecule has 2 heterocycles. The minimum atomic E-state index is -3.33. The molecule has 0 radical (unpaired) electrons. The van der Waals surface area contributed by atoms with Crippen LogP contribution in [0.25, 0.3) is 0 Å². The number of rotatable bonds is 3. The third-order valence-electron chi connectivity index (χ3n) is 4.45. The van der Waals surface area contributed by atoms with Crippen molar-refractivity contribution in [3.8, 4) is 0 Å². The van der Waals surface area contributed by atoms with Gasteiger partial charge in [0.15, 0.2) is 0 Å². The normalized spacial score (nSPS) is 23.1. The lowest BCUT2D eigenvalue weighted by Crippen LogP contribution is -2.59. The molecule has 1 spiro atoms. The van der Waals surface area contributed by atoms with Crippen LogP contribution >= 0.6 is 0 Å². The molecule has 6 heteroatoms. The standard InChI is InChI=1S/C14H21N3O2S/c1-16-7-6-14(9-16)10-17(11-14)20(18,19)13-4-2-12(8-15)3-5-13/h2-5H,6-11,15H2,1H3. The van der Waals surface area contributed by atoms with E-state index in [1.54, 1.807) is 28.6 Å². The molecular formula is C14H21N3O2S. The van der Waals surface area contributed by atoms with E-state index in [1.807, 2.05) is 0 Å². The van der Waals surface area contributed by atoms with E-state index in [9.17, 15) is 8.42 Å². The fourth-order valence-electron chi connectivity index (χ4n) is 3.24. The van der Waals surface area contributed by atoms with Crippen molar-refractivity contribution in [3.05, 3.63) is 29.8 Å². The maximum atomic E-state index is 12.5. The first kappa shape index (κ1) is 14.0. The average Bonchev–Trinajstić information content (AvgIpc) is 2.80. The van der Waals surface area contributed by atoms with Crippen LogP contribution in [0.3, 0.4) is 0 Å². The highest BCUT2D eigenvalue weighted by Crippen LogP contribution is 2.41. The molecule has 20 heavy (non-hydrogen) atoms. The van der Waals surface area contributed by atoms with Gasteiger partial charge in [0.05, 0.1) is 4.90 Å². The van der Waals surface area contributed by atoms with E-state index in [0.717, 1.165) is 25.1 Å². The van der Waals surface area contributed by atoms with E-state index in [2.05, 4.69) is 11.9 Å². The largest absolute Gasteiger partial charge is 0.326 e. The Kier molecular flexibility index (Phi) is 3.36. The molecular weight excluding hydrogens is 274 g/mol. The highest BCUT2D eigenvalue weighted by Gasteiger charge is 2.50. The first-order chi connectivity index (χ1) is 9.45. The fourth-order valence-corrected chi connectivity index (χ4v) is 4.90. The van der Waals surface area contributed by atoms with Crippen LogP contribution in [0.15, 0.2) is 29.2 Å². The van der Waals surface area contributed by atoms with Crippen molar-refractivity contribution in [1.82, 2.24) is 9.21 Å². The Bertz CT molecular complexity index is 591. The maximum absolute atomic E-state index is 12.5. The molecule has 2 N–H and O–H groups in total. The lowest BCUT2D eigenvalue weighted by atomic mass is 9.81. The quantitative estimate of drug-likeness (QED) is 0.880. The first-order valence-electron chi connectivity index (χ1n) is 6.93. The van der Waals surface area contributed by atoms with Gasteiger partial charge in [-0.3, -0.25) is 0 Å². The van der Waals surface area contributed by atoms with Crippen LogP contribution in [0, 0.1) is 5.41 Å². The van der Waals surface area contributed by atoms with Crippen LogP contribution < -0.4 is 5.73 Å². The van der Waals surface area contributed by atoms with Crippen molar-refractivity contribution in [3.63, 3.8) is 0 Å². The number of hydrogen-bond acceptors (Lipinski definition) is 4. The van der Waals surface area contributed by atoms with Gasteiger partial charge in [0.25, 0.3) is 0 Å². The predicted molar refractivity (Wildman–Crippen MR) is 77.6 cm³/mol. The van der Waals surface area contributed by atoms with Crippen molar-refractivity contribution in [2.45, 2.75) is 17.9 Å². The molecule has 1 aromatic rings. The summed E-state index contributed by atoms with van der Waals surface area (Å²) in [7, 11) is -1.24. The molecule has 0 unspecified atom stereocenters. The van der Waals surface area contributed by atoms with Gasteiger partial charge in [-0.1, -0.05) is 12.1 Å². The highest BCUT2D eigenvalue weighted by atomic mass is 32.2. The zero-order valence-corrected chi connectivity index (χ0v) is 12.6. The lowest BCUT2D eigenvalue weighted by molar-refractivity contribution is 0.0812. The summed E-state index contributed by atoms with van der Waals surface area (Å²) in [5, 5.41) is 0. The minimum absolute atomic E-state index is 0.193. The monoisotopic (exact) mass is 295 g/mol. The van der Waals surface area contributed by atoms with Gasteiger partial charge in [-0.05, 0) is 37.7 Å². The molecule has 110 valence electrons. The first-order valence-corrected chi connectivity index (χ1v) is 8.37. The Labute approximate surface area is 120 Å². The molecule has 2 aliphatic heterocycles. The summed E-state index contributed by atoms with van der Waals surface area (Å²) in [5.41, 5.74) is 6.67. The number of nitrogens with two attached hydrogens (primary N) is 1. The smallest absolute Gasteiger partial charge is 0.243 e. The van der Waals surface area contributed by atoms with Crippen LogP contribution in [0.1, 0.15) is 12.0 Å².